The van der Waals surface area contributed by atoms with Crippen molar-refractivity contribution < 1.29 is 43.6 Å². The fourth-order valence-corrected chi connectivity index (χ4v) is 2.14. The van der Waals surface area contributed by atoms with E-state index in [1.54, 1.807) is 0 Å². The van der Waals surface area contributed by atoms with Gasteiger partial charge >= 0.3 is 24.9 Å². The fourth-order valence-electron chi connectivity index (χ4n) is 1.13. The molecule has 10 heteroatoms. The second-order valence-corrected chi connectivity index (χ2v) is 4.46. The Hall–Kier alpha value is -0.990. The third-order valence-electron chi connectivity index (χ3n) is 1.87. The maximum atomic E-state index is 11.1. The van der Waals surface area contributed by atoms with E-state index in [1.165, 1.54) is 0 Å². The Kier molecular flexibility index (Phi) is 4.59. The summed E-state index contributed by atoms with van der Waals surface area (Å²) in [6.45, 7) is 0. The van der Waals surface area contributed by atoms with E-state index in [4.69, 9.17) is 20.0 Å². The first-order valence-corrected chi connectivity index (χ1v) is 5.36. The van der Waals surface area contributed by atoms with E-state index in [2.05, 4.69) is 9.47 Å². The highest BCUT2D eigenvalue weighted by molar-refractivity contribution is 7.54. The van der Waals surface area contributed by atoms with Crippen LogP contribution in [0.3, 0.4) is 0 Å². The second kappa shape index (κ2) is 4.89. The molecule has 0 saturated heterocycles. The maximum Gasteiger partial charge on any atom is 0.372 e. The zero-order valence-corrected chi connectivity index (χ0v) is 9.25. The number of hydrogen-bond donors (Lipinski definition) is 4. The third kappa shape index (κ3) is 2.23. The largest absolute Gasteiger partial charge is 0.479 e. The highest BCUT2D eigenvalue weighted by atomic mass is 31.2. The van der Waals surface area contributed by atoms with Gasteiger partial charge in [0.2, 0.25) is 6.10 Å². The molecular formula is C6H11O9P. The number of carboxylic acids is 2. The first-order chi connectivity index (χ1) is 7.15. The molecule has 2 atom stereocenters. The van der Waals surface area contributed by atoms with E-state index in [0.717, 1.165) is 7.11 Å². The molecule has 16 heavy (non-hydrogen) atoms. The minimum absolute atomic E-state index is 0.669. The Balaban J connectivity index is 5.82. The standard InChI is InChI=1S/C6H11O9P/c1-14-3(4(7)8)6(15-2,5(9)10)16(11,12)13/h3H,1-2H3,(H,7,8)(H,9,10)(H2,11,12,13). The lowest BCUT2D eigenvalue weighted by Crippen LogP contribution is -2.55. The number of carbonyl (C=O) groups is 2. The van der Waals surface area contributed by atoms with Gasteiger partial charge in [0, 0.05) is 14.2 Å². The molecule has 0 aliphatic heterocycles. The lowest BCUT2D eigenvalue weighted by atomic mass is 10.2. The number of carboxylic acid groups (broad SMARTS) is 2. The van der Waals surface area contributed by atoms with Crippen molar-refractivity contribution in [3.8, 4) is 0 Å². The Morgan fingerprint density at radius 1 is 1.25 bits per heavy atom. The van der Waals surface area contributed by atoms with Crippen LogP contribution in [-0.2, 0) is 23.6 Å². The molecule has 0 rings (SSSR count). The molecular weight excluding hydrogens is 247 g/mol. The number of rotatable bonds is 6. The molecule has 2 unspecified atom stereocenters. The van der Waals surface area contributed by atoms with Crippen molar-refractivity contribution in [2.45, 2.75) is 11.4 Å². The summed E-state index contributed by atoms with van der Waals surface area (Å²) in [5.74, 6) is -3.99. The van der Waals surface area contributed by atoms with Crippen LogP contribution in [0.4, 0.5) is 0 Å². The second-order valence-electron chi connectivity index (χ2n) is 2.70. The monoisotopic (exact) mass is 258 g/mol. The molecule has 0 fully saturated rings. The van der Waals surface area contributed by atoms with Crippen molar-refractivity contribution in [1.82, 2.24) is 0 Å². The zero-order chi connectivity index (χ0) is 13.1. The first kappa shape index (κ1) is 15.0. The lowest BCUT2D eigenvalue weighted by molar-refractivity contribution is -0.180. The van der Waals surface area contributed by atoms with Crippen molar-refractivity contribution in [1.29, 1.82) is 0 Å². The molecule has 9 nitrogen and oxygen atoms in total. The molecule has 0 radical (unpaired) electrons. The summed E-state index contributed by atoms with van der Waals surface area (Å²) in [6, 6.07) is 0. The number of ether oxygens (including phenoxy) is 2. The highest BCUT2D eigenvalue weighted by Crippen LogP contribution is 2.53. The summed E-state index contributed by atoms with van der Waals surface area (Å²) < 4.78 is 19.5. The van der Waals surface area contributed by atoms with Gasteiger partial charge in [0.15, 0.2) is 0 Å². The van der Waals surface area contributed by atoms with Crippen LogP contribution in [0.1, 0.15) is 0 Å². The summed E-state index contributed by atoms with van der Waals surface area (Å²) in [4.78, 5) is 39.3. The maximum absolute atomic E-state index is 11.1. The van der Waals surface area contributed by atoms with Crippen LogP contribution in [-0.4, -0.2) is 57.6 Å². The van der Waals surface area contributed by atoms with Gasteiger partial charge in [0.25, 0.3) is 0 Å². The summed E-state index contributed by atoms with van der Waals surface area (Å²) in [7, 11) is -3.95. The number of aliphatic carboxylic acids is 2. The van der Waals surface area contributed by atoms with Crippen LogP contribution in [0.25, 0.3) is 0 Å². The number of hydrogen-bond acceptors (Lipinski definition) is 5. The molecule has 0 heterocycles. The van der Waals surface area contributed by atoms with E-state index in [-0.39, 0.29) is 0 Å². The van der Waals surface area contributed by atoms with Gasteiger partial charge in [-0.2, -0.15) is 0 Å². The molecule has 0 bridgehead atoms. The topological polar surface area (TPSA) is 151 Å². The van der Waals surface area contributed by atoms with E-state index >= 15 is 0 Å². The third-order valence-corrected chi connectivity index (χ3v) is 3.34. The summed E-state index contributed by atoms with van der Waals surface area (Å²) in [6.07, 6.45) is -2.34. The van der Waals surface area contributed by atoms with Crippen molar-refractivity contribution in [2.75, 3.05) is 14.2 Å². The molecule has 0 aromatic rings. The predicted octanol–water partition coefficient (Wildman–Crippen LogP) is -1.31. The van der Waals surface area contributed by atoms with Crippen LogP contribution >= 0.6 is 7.60 Å². The summed E-state index contributed by atoms with van der Waals surface area (Å²) in [5, 5.41) is 14.1. The van der Waals surface area contributed by atoms with Gasteiger partial charge in [0.1, 0.15) is 0 Å². The van der Waals surface area contributed by atoms with Gasteiger partial charge in [0.05, 0.1) is 0 Å². The smallest absolute Gasteiger partial charge is 0.372 e. The van der Waals surface area contributed by atoms with Crippen LogP contribution < -0.4 is 0 Å². The van der Waals surface area contributed by atoms with Crippen LogP contribution in [0.15, 0.2) is 0 Å². The van der Waals surface area contributed by atoms with Crippen LogP contribution in [0.5, 0.6) is 0 Å². The molecule has 0 spiro atoms. The Bertz CT molecular complexity index is 333. The molecule has 0 aliphatic carbocycles. The van der Waals surface area contributed by atoms with Gasteiger partial charge in [-0.3, -0.25) is 4.57 Å². The summed E-state index contributed by atoms with van der Waals surface area (Å²) >= 11 is 0. The normalized spacial score (nSPS) is 17.5. The Morgan fingerprint density at radius 2 is 1.69 bits per heavy atom. The van der Waals surface area contributed by atoms with Gasteiger partial charge in [-0.05, 0) is 0 Å². The minimum atomic E-state index is -5.42. The SMILES string of the molecule is COC(C(=O)O)C(OC)(C(=O)O)P(=O)(O)O. The number of methoxy groups -OCH3 is 2. The Morgan fingerprint density at radius 3 is 1.75 bits per heavy atom. The van der Waals surface area contributed by atoms with E-state index in [1.807, 2.05) is 0 Å². The van der Waals surface area contributed by atoms with E-state index in [9.17, 15) is 14.2 Å². The molecule has 0 aromatic heterocycles. The average Bonchev–Trinajstić information content (AvgIpc) is 2.10. The van der Waals surface area contributed by atoms with Crippen molar-refractivity contribution in [2.24, 2.45) is 0 Å². The lowest BCUT2D eigenvalue weighted by Gasteiger charge is -2.32. The molecule has 0 saturated carbocycles. The minimum Gasteiger partial charge on any atom is -0.479 e. The zero-order valence-electron chi connectivity index (χ0n) is 8.35. The molecule has 4 N–H and O–H groups in total. The quantitative estimate of drug-likeness (QED) is 0.425. The van der Waals surface area contributed by atoms with E-state index in [0.29, 0.717) is 7.11 Å². The first-order valence-electron chi connectivity index (χ1n) is 3.75. The van der Waals surface area contributed by atoms with Crippen molar-refractivity contribution in [3.63, 3.8) is 0 Å². The summed E-state index contributed by atoms with van der Waals surface area (Å²) in [5.41, 5.74) is 0. The average molecular weight is 258 g/mol. The van der Waals surface area contributed by atoms with Gasteiger partial charge in [-0.1, -0.05) is 0 Å². The molecule has 0 aliphatic rings. The predicted molar refractivity (Wildman–Crippen MR) is 47.9 cm³/mol. The van der Waals surface area contributed by atoms with Gasteiger partial charge in [-0.15, -0.1) is 0 Å². The van der Waals surface area contributed by atoms with Crippen molar-refractivity contribution >= 4 is 19.5 Å². The molecule has 94 valence electrons. The van der Waals surface area contributed by atoms with Crippen LogP contribution in [0.2, 0.25) is 0 Å². The Labute approximate surface area is 89.8 Å². The highest BCUT2D eigenvalue weighted by Gasteiger charge is 2.64. The van der Waals surface area contributed by atoms with Crippen molar-refractivity contribution in [3.05, 3.63) is 0 Å². The van der Waals surface area contributed by atoms with Gasteiger partial charge in [-0.25, -0.2) is 9.59 Å². The van der Waals surface area contributed by atoms with Gasteiger partial charge < -0.3 is 29.5 Å². The van der Waals surface area contributed by atoms with Crippen LogP contribution in [0, 0.1) is 0 Å². The molecule has 0 amide bonds. The fraction of sp³-hybridized carbons (Fsp3) is 0.667. The molecule has 0 aromatic carbocycles. The van der Waals surface area contributed by atoms with E-state index < -0.39 is 31.0 Å².